The van der Waals surface area contributed by atoms with Gasteiger partial charge < -0.3 is 24.8 Å². The first-order valence-corrected chi connectivity index (χ1v) is 20.0. The Hall–Kier alpha value is -5.38. The highest BCUT2D eigenvalue weighted by Gasteiger charge is 2.62. The van der Waals surface area contributed by atoms with Crippen molar-refractivity contribution in [2.75, 3.05) is 6.54 Å². The summed E-state index contributed by atoms with van der Waals surface area (Å²) in [5.74, 6) is -2.22. The molecule has 3 N–H and O–H groups in total. The fourth-order valence-electron chi connectivity index (χ4n) is 7.56. The average molecular weight is 756 g/mol. The molecule has 3 fully saturated rings. The van der Waals surface area contributed by atoms with E-state index in [1.165, 1.54) is 11.0 Å². The summed E-state index contributed by atoms with van der Waals surface area (Å²) in [5, 5.41) is 11.3. The van der Waals surface area contributed by atoms with Crippen LogP contribution in [0.15, 0.2) is 65.3 Å². The summed E-state index contributed by atoms with van der Waals surface area (Å²) in [6.45, 7) is 1.63. The number of carbonyl (C=O) groups excluding carboxylic acids is 4. The second kappa shape index (κ2) is 14.1. The zero-order valence-corrected chi connectivity index (χ0v) is 30.5. The van der Waals surface area contributed by atoms with Gasteiger partial charge in [-0.1, -0.05) is 48.3 Å². The van der Waals surface area contributed by atoms with E-state index in [4.69, 9.17) is 14.2 Å². The number of hydrogen-bond donors (Lipinski definition) is 3. The van der Waals surface area contributed by atoms with E-state index < -0.39 is 68.5 Å². The lowest BCUT2D eigenvalue weighted by Crippen LogP contribution is -2.58. The molecular formula is C38H41N7O8S. The highest BCUT2D eigenvalue weighted by atomic mass is 32.2. The first kappa shape index (κ1) is 35.6. The van der Waals surface area contributed by atoms with E-state index in [2.05, 4.69) is 25.5 Å². The molecule has 282 valence electrons. The zero-order chi connectivity index (χ0) is 37.6. The lowest BCUT2D eigenvalue weighted by atomic mass is 10.0. The monoisotopic (exact) mass is 755 g/mol. The van der Waals surface area contributed by atoms with E-state index in [9.17, 15) is 27.6 Å². The number of rotatable bonds is 7. The van der Waals surface area contributed by atoms with Gasteiger partial charge in [0.1, 0.15) is 29.5 Å². The molecule has 2 aliphatic heterocycles. The summed E-state index contributed by atoms with van der Waals surface area (Å²) < 4.78 is 39.5. The van der Waals surface area contributed by atoms with Crippen LogP contribution in [0.3, 0.4) is 0 Å². The van der Waals surface area contributed by atoms with Crippen molar-refractivity contribution in [3.63, 3.8) is 0 Å². The molecule has 2 aliphatic carbocycles. The molecule has 0 radical (unpaired) electrons. The number of allylic oxidation sites excluding steroid dienone is 1. The molecule has 5 heterocycles. The van der Waals surface area contributed by atoms with E-state index in [0.717, 1.165) is 29.0 Å². The number of sulfonamides is 1. The topological polar surface area (TPSA) is 203 Å². The van der Waals surface area contributed by atoms with Gasteiger partial charge in [-0.15, -0.1) is 0 Å². The van der Waals surface area contributed by atoms with Crippen LogP contribution in [0.25, 0.3) is 21.8 Å². The van der Waals surface area contributed by atoms with Crippen molar-refractivity contribution >= 4 is 55.5 Å². The molecule has 0 unspecified atom stereocenters. The van der Waals surface area contributed by atoms with E-state index in [1.807, 2.05) is 48.6 Å². The van der Waals surface area contributed by atoms with Crippen molar-refractivity contribution in [3.8, 4) is 5.88 Å². The predicted molar refractivity (Wildman–Crippen MR) is 195 cm³/mol. The largest absolute Gasteiger partial charge is 0.472 e. The molecule has 16 heteroatoms. The summed E-state index contributed by atoms with van der Waals surface area (Å²) >= 11 is 0. The van der Waals surface area contributed by atoms with E-state index >= 15 is 0 Å². The van der Waals surface area contributed by atoms with Crippen molar-refractivity contribution in [1.82, 2.24) is 35.4 Å². The first-order valence-electron chi connectivity index (χ1n) is 18.4. The van der Waals surface area contributed by atoms with Crippen LogP contribution in [0.4, 0.5) is 0 Å². The Morgan fingerprint density at radius 1 is 1.04 bits per heavy atom. The highest BCUT2D eigenvalue weighted by molar-refractivity contribution is 7.91. The van der Waals surface area contributed by atoms with Gasteiger partial charge in [-0.3, -0.25) is 23.9 Å². The van der Waals surface area contributed by atoms with Crippen LogP contribution in [0.1, 0.15) is 74.0 Å². The molecule has 8 rings (SSSR count). The molecular weight excluding hydrogens is 715 g/mol. The van der Waals surface area contributed by atoms with Crippen molar-refractivity contribution in [1.29, 1.82) is 0 Å². The SMILES string of the molecule is Cc1cc(C(=O)N[C@H]2CCCCCC=C[C@@H]3C[C@@]3(C(=O)NS(=O)(=O)C3CC3)NC(=O)[C@@H]3C[C@@H](Oc4nc5ncccc5c5ccccc45)CN3C2=O)no1. The van der Waals surface area contributed by atoms with Gasteiger partial charge in [0, 0.05) is 35.4 Å². The van der Waals surface area contributed by atoms with Gasteiger partial charge in [-0.25, -0.2) is 13.4 Å². The second-order valence-electron chi connectivity index (χ2n) is 14.7. The lowest BCUT2D eigenvalue weighted by molar-refractivity contribution is -0.141. The van der Waals surface area contributed by atoms with E-state index in [-0.39, 0.29) is 31.0 Å². The highest BCUT2D eigenvalue weighted by Crippen LogP contribution is 2.46. The number of hydrogen-bond acceptors (Lipinski definition) is 11. The number of ether oxygens (including phenoxy) is 1. The molecule has 0 spiro atoms. The molecule has 2 saturated carbocycles. The number of aromatic nitrogens is 3. The number of fused-ring (bicyclic) bond motifs is 5. The molecule has 15 nitrogen and oxygen atoms in total. The number of pyridine rings is 2. The van der Waals surface area contributed by atoms with Crippen molar-refractivity contribution in [2.24, 2.45) is 5.92 Å². The number of nitrogens with zero attached hydrogens (tertiary/aromatic N) is 4. The van der Waals surface area contributed by atoms with E-state index in [1.54, 1.807) is 13.1 Å². The van der Waals surface area contributed by atoms with Crippen molar-refractivity contribution < 1.29 is 36.9 Å². The summed E-state index contributed by atoms with van der Waals surface area (Å²) in [7, 11) is -3.90. The van der Waals surface area contributed by atoms with Crippen LogP contribution in [-0.2, 0) is 24.4 Å². The third-order valence-corrected chi connectivity index (χ3v) is 12.5. The standard InChI is InChI=1S/C38H41N7O8S/c1-22-18-30(43-53-22)33(46)40-29-14-6-4-2-3-5-10-23-20-38(23,37(49)44-54(50,51)25-15-16-25)42-34(47)31-19-24(21-45(31)36(29)48)52-35-28-12-8-7-11-26(28)27-13-9-17-39-32(27)41-35/h5,7-13,17-18,23-25,29,31H,2-4,6,14-16,19-21H2,1H3,(H,40,46)(H,42,47)(H,44,49)/t23-,24-,29+,31+,38-/m1/s1. The van der Waals surface area contributed by atoms with Crippen LogP contribution in [0.5, 0.6) is 5.88 Å². The van der Waals surface area contributed by atoms with Crippen molar-refractivity contribution in [2.45, 2.75) is 93.7 Å². The lowest BCUT2D eigenvalue weighted by Gasteiger charge is -2.29. The molecule has 1 aromatic carbocycles. The number of amides is 4. The zero-order valence-electron chi connectivity index (χ0n) is 29.7. The third kappa shape index (κ3) is 7.01. The van der Waals surface area contributed by atoms with Crippen LogP contribution in [0, 0.1) is 12.8 Å². The Morgan fingerprint density at radius 2 is 1.83 bits per heavy atom. The third-order valence-electron chi connectivity index (χ3n) is 10.7. The number of nitrogens with one attached hydrogen (secondary N) is 3. The molecule has 5 atom stereocenters. The number of benzene rings is 1. The normalized spacial score (nSPS) is 26.3. The molecule has 3 aromatic heterocycles. The summed E-state index contributed by atoms with van der Waals surface area (Å²) in [6, 6.07) is 10.7. The van der Waals surface area contributed by atoms with Gasteiger partial charge in [0.15, 0.2) is 11.3 Å². The van der Waals surface area contributed by atoms with Gasteiger partial charge in [0.25, 0.3) is 11.8 Å². The Kier molecular flexibility index (Phi) is 9.32. The fourth-order valence-corrected chi connectivity index (χ4v) is 8.92. The predicted octanol–water partition coefficient (Wildman–Crippen LogP) is 3.23. The van der Waals surface area contributed by atoms with Crippen LogP contribution in [0.2, 0.25) is 0 Å². The van der Waals surface area contributed by atoms with Gasteiger partial charge >= 0.3 is 0 Å². The Morgan fingerprint density at radius 3 is 2.61 bits per heavy atom. The first-order chi connectivity index (χ1) is 26.0. The smallest absolute Gasteiger partial charge is 0.274 e. The van der Waals surface area contributed by atoms with E-state index in [0.29, 0.717) is 43.5 Å². The second-order valence-corrected chi connectivity index (χ2v) is 16.6. The maximum atomic E-state index is 14.6. The van der Waals surface area contributed by atoms with Gasteiger partial charge in [-0.2, -0.15) is 4.98 Å². The minimum Gasteiger partial charge on any atom is -0.472 e. The fraction of sp³-hybridized carbons (Fsp3) is 0.447. The Balaban J connectivity index is 1.12. The van der Waals surface area contributed by atoms with Crippen molar-refractivity contribution in [3.05, 3.63) is 72.3 Å². The maximum absolute atomic E-state index is 14.6. The Labute approximate surface area is 311 Å². The molecule has 4 aromatic rings. The quantitative estimate of drug-likeness (QED) is 0.185. The van der Waals surface area contributed by atoms with Gasteiger partial charge in [0.05, 0.1) is 11.8 Å². The number of carbonyl (C=O) groups is 4. The minimum absolute atomic E-state index is 0.0231. The van der Waals surface area contributed by atoms with Gasteiger partial charge in [0.2, 0.25) is 27.7 Å². The minimum atomic E-state index is -3.90. The summed E-state index contributed by atoms with van der Waals surface area (Å²) in [5.41, 5.74) is -1.01. The molecule has 0 bridgehead atoms. The van der Waals surface area contributed by atoms with Crippen LogP contribution >= 0.6 is 0 Å². The molecule has 4 aliphatic rings. The molecule has 4 amide bonds. The summed E-state index contributed by atoms with van der Waals surface area (Å²) in [4.78, 5) is 66.6. The maximum Gasteiger partial charge on any atom is 0.274 e. The van der Waals surface area contributed by atoms with Gasteiger partial charge in [-0.05, 0) is 69.0 Å². The average Bonchev–Trinajstić information content (AvgIpc) is 4.05. The Bertz CT molecular complexity index is 2290. The summed E-state index contributed by atoms with van der Waals surface area (Å²) in [6.07, 6.45) is 9.05. The molecule has 54 heavy (non-hydrogen) atoms. The van der Waals surface area contributed by atoms with Crippen LogP contribution in [-0.4, -0.2) is 87.6 Å². The van der Waals surface area contributed by atoms with Crippen LogP contribution < -0.4 is 20.1 Å². The molecule has 1 saturated heterocycles. The number of aryl methyl sites for hydroxylation is 1.